The predicted molar refractivity (Wildman–Crippen MR) is 78.2 cm³/mol. The molecule has 0 saturated heterocycles. The zero-order chi connectivity index (χ0) is 14.6. The summed E-state index contributed by atoms with van der Waals surface area (Å²) < 4.78 is 11.1. The van der Waals surface area contributed by atoms with E-state index in [9.17, 15) is 5.11 Å². The molecule has 1 rings (SSSR count). The van der Waals surface area contributed by atoms with Crippen molar-refractivity contribution in [2.45, 2.75) is 40.7 Å². The van der Waals surface area contributed by atoms with Gasteiger partial charge in [-0.1, -0.05) is 32.4 Å². The third-order valence-electron chi connectivity index (χ3n) is 2.78. The highest BCUT2D eigenvalue weighted by molar-refractivity contribution is 6.31. The molecule has 0 aliphatic carbocycles. The Morgan fingerprint density at radius 1 is 1.11 bits per heavy atom. The lowest BCUT2D eigenvalue weighted by molar-refractivity contribution is 0.0624. The highest BCUT2D eigenvalue weighted by Gasteiger charge is 2.27. The monoisotopic (exact) mass is 286 g/mol. The Hall–Kier alpha value is -0.930. The fourth-order valence-electron chi connectivity index (χ4n) is 1.76. The Kier molecular flexibility index (Phi) is 5.50. The van der Waals surface area contributed by atoms with E-state index < -0.39 is 6.10 Å². The van der Waals surface area contributed by atoms with Gasteiger partial charge in [0.25, 0.3) is 0 Å². The molecule has 1 atom stereocenters. The zero-order valence-corrected chi connectivity index (χ0v) is 13.0. The van der Waals surface area contributed by atoms with Gasteiger partial charge in [0.05, 0.1) is 24.3 Å². The fraction of sp³-hybridized carbons (Fsp3) is 0.600. The van der Waals surface area contributed by atoms with Gasteiger partial charge in [0, 0.05) is 11.6 Å². The molecular weight excluding hydrogens is 264 g/mol. The first-order valence-electron chi connectivity index (χ1n) is 6.58. The van der Waals surface area contributed by atoms with Crippen LogP contribution >= 0.6 is 11.6 Å². The van der Waals surface area contributed by atoms with Gasteiger partial charge in [-0.25, -0.2) is 0 Å². The van der Waals surface area contributed by atoms with Crippen LogP contribution in [0.25, 0.3) is 0 Å². The molecule has 3 nitrogen and oxygen atoms in total. The van der Waals surface area contributed by atoms with Crippen molar-refractivity contribution < 1.29 is 14.6 Å². The highest BCUT2D eigenvalue weighted by Crippen LogP contribution is 2.41. The van der Waals surface area contributed by atoms with E-state index in [1.807, 2.05) is 34.6 Å². The van der Waals surface area contributed by atoms with Crippen LogP contribution < -0.4 is 9.47 Å². The van der Waals surface area contributed by atoms with E-state index in [0.717, 1.165) is 0 Å². The molecule has 0 amide bonds. The summed E-state index contributed by atoms with van der Waals surface area (Å²) in [6.45, 7) is 10.8. The van der Waals surface area contributed by atoms with Gasteiger partial charge in [0.1, 0.15) is 0 Å². The first-order chi connectivity index (χ1) is 8.81. The lowest BCUT2D eigenvalue weighted by atomic mass is 9.84. The van der Waals surface area contributed by atoms with Gasteiger partial charge in [0.15, 0.2) is 11.5 Å². The number of hydrogen-bond donors (Lipinski definition) is 1. The quantitative estimate of drug-likeness (QED) is 0.881. The van der Waals surface area contributed by atoms with Crippen molar-refractivity contribution in [2.24, 2.45) is 5.41 Å². The van der Waals surface area contributed by atoms with E-state index in [1.165, 1.54) is 0 Å². The van der Waals surface area contributed by atoms with Crippen LogP contribution in [-0.2, 0) is 0 Å². The Balaban J connectivity index is 3.23. The third-order valence-corrected chi connectivity index (χ3v) is 3.10. The predicted octanol–water partition coefficient (Wildman–Crippen LogP) is 4.22. The van der Waals surface area contributed by atoms with Crippen LogP contribution in [0.3, 0.4) is 0 Å². The van der Waals surface area contributed by atoms with Gasteiger partial charge in [-0.15, -0.1) is 0 Å². The molecule has 1 aromatic rings. The van der Waals surface area contributed by atoms with Crippen LogP contribution in [0.4, 0.5) is 0 Å². The molecule has 1 unspecified atom stereocenters. The van der Waals surface area contributed by atoms with Gasteiger partial charge in [-0.3, -0.25) is 0 Å². The van der Waals surface area contributed by atoms with Gasteiger partial charge in [-0.05, 0) is 25.3 Å². The number of aliphatic hydroxyl groups excluding tert-OH is 1. The molecule has 1 N–H and O–H groups in total. The fourth-order valence-corrected chi connectivity index (χ4v) is 2.02. The largest absolute Gasteiger partial charge is 0.490 e. The van der Waals surface area contributed by atoms with E-state index in [2.05, 4.69) is 0 Å². The average Bonchev–Trinajstić information content (AvgIpc) is 2.31. The summed E-state index contributed by atoms with van der Waals surface area (Å²) in [4.78, 5) is 0. The second-order valence-corrected chi connectivity index (χ2v) is 5.86. The minimum Gasteiger partial charge on any atom is -0.490 e. The Morgan fingerprint density at radius 2 is 1.58 bits per heavy atom. The third kappa shape index (κ3) is 4.02. The van der Waals surface area contributed by atoms with Crippen molar-refractivity contribution in [1.82, 2.24) is 0 Å². The lowest BCUT2D eigenvalue weighted by Crippen LogP contribution is -2.18. The SMILES string of the molecule is CCOc1cc(Cl)c(C(O)C(C)(C)C)cc1OCC. The number of rotatable bonds is 5. The average molecular weight is 287 g/mol. The van der Waals surface area contributed by atoms with Gasteiger partial charge in [-0.2, -0.15) is 0 Å². The van der Waals surface area contributed by atoms with Crippen molar-refractivity contribution in [3.8, 4) is 11.5 Å². The van der Waals surface area contributed by atoms with E-state index in [1.54, 1.807) is 12.1 Å². The molecule has 0 bridgehead atoms. The first kappa shape index (κ1) is 16.1. The van der Waals surface area contributed by atoms with Gasteiger partial charge in [0.2, 0.25) is 0 Å². The highest BCUT2D eigenvalue weighted by atomic mass is 35.5. The maximum Gasteiger partial charge on any atom is 0.162 e. The molecule has 0 spiro atoms. The standard InChI is InChI=1S/C15H23ClO3/c1-6-18-12-8-10(14(17)15(3,4)5)11(16)9-13(12)19-7-2/h8-9,14,17H,6-7H2,1-5H3. The number of benzene rings is 1. The minimum atomic E-state index is -0.658. The summed E-state index contributed by atoms with van der Waals surface area (Å²) in [6, 6.07) is 3.48. The van der Waals surface area contributed by atoms with Gasteiger partial charge >= 0.3 is 0 Å². The van der Waals surface area contributed by atoms with Crippen LogP contribution in [0.5, 0.6) is 11.5 Å². The van der Waals surface area contributed by atoms with Crippen molar-refractivity contribution in [3.05, 3.63) is 22.7 Å². The molecule has 0 fully saturated rings. The van der Waals surface area contributed by atoms with E-state index in [-0.39, 0.29) is 5.41 Å². The van der Waals surface area contributed by atoms with E-state index in [0.29, 0.717) is 35.3 Å². The summed E-state index contributed by atoms with van der Waals surface area (Å²) in [5.41, 5.74) is 0.376. The summed E-state index contributed by atoms with van der Waals surface area (Å²) in [5, 5.41) is 10.9. The van der Waals surface area contributed by atoms with Gasteiger partial charge < -0.3 is 14.6 Å². The maximum atomic E-state index is 10.4. The summed E-state index contributed by atoms with van der Waals surface area (Å²) >= 11 is 6.24. The van der Waals surface area contributed by atoms with Crippen LogP contribution in [0.1, 0.15) is 46.3 Å². The number of ether oxygens (including phenoxy) is 2. The van der Waals surface area contributed by atoms with E-state index in [4.69, 9.17) is 21.1 Å². The van der Waals surface area contributed by atoms with Crippen LogP contribution in [0.15, 0.2) is 12.1 Å². The molecule has 0 heterocycles. The smallest absolute Gasteiger partial charge is 0.162 e. The molecule has 1 aromatic carbocycles. The van der Waals surface area contributed by atoms with E-state index >= 15 is 0 Å². The lowest BCUT2D eigenvalue weighted by Gasteiger charge is -2.27. The molecule has 108 valence electrons. The Bertz CT molecular complexity index is 424. The Morgan fingerprint density at radius 3 is 2.00 bits per heavy atom. The molecule has 0 aliphatic rings. The molecule has 19 heavy (non-hydrogen) atoms. The molecule has 0 saturated carbocycles. The minimum absolute atomic E-state index is 0.291. The van der Waals surface area contributed by atoms with Crippen molar-refractivity contribution in [3.63, 3.8) is 0 Å². The summed E-state index contributed by atoms with van der Waals surface area (Å²) in [7, 11) is 0. The molecular formula is C15H23ClO3. The second-order valence-electron chi connectivity index (χ2n) is 5.46. The van der Waals surface area contributed by atoms with Crippen LogP contribution in [0, 0.1) is 5.41 Å². The Labute approximate surface area is 120 Å². The van der Waals surface area contributed by atoms with Crippen LogP contribution in [0.2, 0.25) is 5.02 Å². The normalized spacial score (nSPS) is 13.2. The molecule has 0 radical (unpaired) electrons. The second kappa shape index (κ2) is 6.49. The topological polar surface area (TPSA) is 38.7 Å². The van der Waals surface area contributed by atoms with Crippen molar-refractivity contribution >= 4 is 11.6 Å². The number of halogens is 1. The number of hydrogen-bond acceptors (Lipinski definition) is 3. The maximum absolute atomic E-state index is 10.4. The zero-order valence-electron chi connectivity index (χ0n) is 12.3. The van der Waals surface area contributed by atoms with Crippen molar-refractivity contribution in [1.29, 1.82) is 0 Å². The molecule has 0 aliphatic heterocycles. The summed E-state index contributed by atoms with van der Waals surface area (Å²) in [6.07, 6.45) is -0.658. The first-order valence-corrected chi connectivity index (χ1v) is 6.96. The number of aliphatic hydroxyl groups is 1. The molecule has 4 heteroatoms. The van der Waals surface area contributed by atoms with Crippen LogP contribution in [-0.4, -0.2) is 18.3 Å². The van der Waals surface area contributed by atoms with Crippen molar-refractivity contribution in [2.75, 3.05) is 13.2 Å². The summed E-state index contributed by atoms with van der Waals surface area (Å²) in [5.74, 6) is 1.23. The molecule has 0 aromatic heterocycles.